The van der Waals surface area contributed by atoms with E-state index in [1.165, 1.54) is 15.3 Å². The second-order valence-corrected chi connectivity index (χ2v) is 9.78. The first-order chi connectivity index (χ1) is 14.4. The summed E-state index contributed by atoms with van der Waals surface area (Å²) in [5.74, 6) is -0.303. The van der Waals surface area contributed by atoms with E-state index >= 15 is 0 Å². The van der Waals surface area contributed by atoms with Gasteiger partial charge >= 0.3 is 0 Å². The lowest BCUT2D eigenvalue weighted by Gasteiger charge is -2.30. The summed E-state index contributed by atoms with van der Waals surface area (Å²) in [4.78, 5) is 12.7. The third kappa shape index (κ3) is 4.42. The minimum absolute atomic E-state index is 0.0832. The van der Waals surface area contributed by atoms with Gasteiger partial charge in [0.15, 0.2) is 0 Å². The lowest BCUT2D eigenvalue weighted by molar-refractivity contribution is -0.120. The highest BCUT2D eigenvalue weighted by Gasteiger charge is 2.32. The molecule has 1 aliphatic rings. The zero-order valence-corrected chi connectivity index (χ0v) is 18.3. The zero-order valence-electron chi connectivity index (χ0n) is 15.8. The first-order valence-electron chi connectivity index (χ1n) is 9.33. The number of hydrogen-bond donors (Lipinski definition) is 1. The Balaban J connectivity index is 1.38. The first-order valence-corrected chi connectivity index (χ1v) is 11.6. The van der Waals surface area contributed by atoms with E-state index in [2.05, 4.69) is 36.8 Å². The molecule has 1 amide bonds. The van der Waals surface area contributed by atoms with Crippen LogP contribution in [0.25, 0.3) is 5.69 Å². The molecule has 0 radical (unpaired) electrons. The van der Waals surface area contributed by atoms with Crippen LogP contribution in [0.2, 0.25) is 0 Å². The van der Waals surface area contributed by atoms with Gasteiger partial charge in [-0.25, -0.2) is 13.1 Å². The third-order valence-corrected chi connectivity index (χ3v) is 7.47. The molecule has 1 saturated heterocycles. The topological polar surface area (TPSA) is 110 Å². The van der Waals surface area contributed by atoms with Gasteiger partial charge in [-0.15, -0.1) is 5.10 Å². The van der Waals surface area contributed by atoms with Gasteiger partial charge in [0.2, 0.25) is 15.9 Å². The van der Waals surface area contributed by atoms with Gasteiger partial charge in [0, 0.05) is 29.2 Å². The predicted octanol–water partition coefficient (Wildman–Crippen LogP) is 2.46. The summed E-state index contributed by atoms with van der Waals surface area (Å²) < 4.78 is 29.7. The molecule has 11 heteroatoms. The Labute approximate surface area is 182 Å². The van der Waals surface area contributed by atoms with Crippen LogP contribution < -0.4 is 5.32 Å². The molecular formula is C19H19BrN6O3S. The number of halogens is 1. The minimum Gasteiger partial charge on any atom is -0.326 e. The van der Waals surface area contributed by atoms with Crippen LogP contribution in [-0.2, 0) is 14.8 Å². The lowest BCUT2D eigenvalue weighted by atomic mass is 9.97. The number of tetrazole rings is 1. The van der Waals surface area contributed by atoms with Crippen molar-refractivity contribution in [3.8, 4) is 5.69 Å². The smallest absolute Gasteiger partial charge is 0.243 e. The number of carbonyl (C=O) groups excluding carboxylic acids is 1. The molecule has 0 spiro atoms. The van der Waals surface area contributed by atoms with E-state index in [1.54, 1.807) is 24.3 Å². The van der Waals surface area contributed by atoms with Gasteiger partial charge in [0.25, 0.3) is 0 Å². The Morgan fingerprint density at radius 3 is 2.30 bits per heavy atom. The maximum absolute atomic E-state index is 13.0. The number of nitrogens with one attached hydrogen (secondary N) is 1. The summed E-state index contributed by atoms with van der Waals surface area (Å²) in [6.45, 7) is 0.602. The van der Waals surface area contributed by atoms with Crippen LogP contribution in [0.15, 0.2) is 64.2 Å². The minimum atomic E-state index is -3.62. The summed E-state index contributed by atoms with van der Waals surface area (Å²) in [7, 11) is -3.62. The van der Waals surface area contributed by atoms with Crippen molar-refractivity contribution in [1.82, 2.24) is 24.5 Å². The van der Waals surface area contributed by atoms with Gasteiger partial charge in [-0.3, -0.25) is 4.79 Å². The summed E-state index contributed by atoms with van der Waals surface area (Å²) in [5, 5.41) is 13.8. The van der Waals surface area contributed by atoms with Crippen molar-refractivity contribution in [2.45, 2.75) is 17.7 Å². The monoisotopic (exact) mass is 490 g/mol. The van der Waals surface area contributed by atoms with Gasteiger partial charge in [0.05, 0.1) is 10.6 Å². The van der Waals surface area contributed by atoms with E-state index in [1.807, 2.05) is 24.3 Å². The molecule has 0 bridgehead atoms. The number of nitrogens with zero attached hydrogens (tertiary/aromatic N) is 5. The molecule has 30 heavy (non-hydrogen) atoms. The highest BCUT2D eigenvalue weighted by molar-refractivity contribution is 9.10. The highest BCUT2D eigenvalue weighted by Crippen LogP contribution is 2.25. The van der Waals surface area contributed by atoms with Crippen molar-refractivity contribution in [2.75, 3.05) is 18.4 Å². The average Bonchev–Trinajstić information content (AvgIpc) is 3.30. The van der Waals surface area contributed by atoms with E-state index in [0.29, 0.717) is 31.6 Å². The Hall–Kier alpha value is -2.63. The van der Waals surface area contributed by atoms with Gasteiger partial charge in [-0.1, -0.05) is 15.9 Å². The standard InChI is InChI=1S/C19H19BrN6O3S/c20-15-1-3-16(4-2-15)22-19(27)14-9-11-25(12-10-14)30(28,29)18-7-5-17(6-8-18)26-13-21-23-24-26/h1-8,13-14H,9-12H2,(H,22,27). The number of hydrogen-bond acceptors (Lipinski definition) is 6. The molecule has 9 nitrogen and oxygen atoms in total. The van der Waals surface area contributed by atoms with Crippen molar-refractivity contribution in [1.29, 1.82) is 0 Å². The Kier molecular flexibility index (Phi) is 5.93. The Morgan fingerprint density at radius 2 is 1.70 bits per heavy atom. The summed E-state index contributed by atoms with van der Waals surface area (Å²) in [6.07, 6.45) is 2.39. The summed E-state index contributed by atoms with van der Waals surface area (Å²) >= 11 is 3.36. The number of carbonyl (C=O) groups is 1. The fourth-order valence-electron chi connectivity index (χ4n) is 3.34. The molecule has 1 aromatic heterocycles. The van der Waals surface area contributed by atoms with Gasteiger partial charge in [-0.05, 0) is 71.8 Å². The molecule has 0 aliphatic carbocycles. The largest absolute Gasteiger partial charge is 0.326 e. The van der Waals surface area contributed by atoms with E-state index in [4.69, 9.17) is 0 Å². The summed E-state index contributed by atoms with van der Waals surface area (Å²) in [5.41, 5.74) is 1.39. The number of piperidine rings is 1. The van der Waals surface area contributed by atoms with Crippen molar-refractivity contribution in [3.05, 3.63) is 59.3 Å². The van der Waals surface area contributed by atoms with Crippen LogP contribution in [0.5, 0.6) is 0 Å². The number of amides is 1. The average molecular weight is 491 g/mol. The zero-order chi connectivity index (χ0) is 21.1. The van der Waals surface area contributed by atoms with Crippen LogP contribution in [-0.4, -0.2) is 51.9 Å². The maximum Gasteiger partial charge on any atom is 0.243 e. The first kappa shape index (κ1) is 20.6. The van der Waals surface area contributed by atoms with E-state index in [0.717, 1.165) is 10.2 Å². The molecule has 0 atom stereocenters. The Bertz CT molecular complexity index is 1110. The van der Waals surface area contributed by atoms with Crippen molar-refractivity contribution >= 4 is 37.5 Å². The van der Waals surface area contributed by atoms with E-state index in [9.17, 15) is 13.2 Å². The van der Waals surface area contributed by atoms with Crippen LogP contribution >= 0.6 is 15.9 Å². The number of sulfonamides is 1. The molecule has 1 fully saturated rings. The van der Waals surface area contributed by atoms with E-state index in [-0.39, 0.29) is 16.7 Å². The van der Waals surface area contributed by atoms with Gasteiger partial charge < -0.3 is 5.32 Å². The van der Waals surface area contributed by atoms with Gasteiger partial charge in [0.1, 0.15) is 6.33 Å². The molecule has 4 rings (SSSR count). The number of benzene rings is 2. The second kappa shape index (κ2) is 8.62. The fraction of sp³-hybridized carbons (Fsp3) is 0.263. The maximum atomic E-state index is 13.0. The summed E-state index contributed by atoms with van der Waals surface area (Å²) in [6, 6.07) is 13.7. The Morgan fingerprint density at radius 1 is 1.03 bits per heavy atom. The van der Waals surface area contributed by atoms with E-state index < -0.39 is 10.0 Å². The van der Waals surface area contributed by atoms with Crippen LogP contribution in [0.4, 0.5) is 5.69 Å². The molecular weight excluding hydrogens is 472 g/mol. The normalized spacial score (nSPS) is 15.8. The highest BCUT2D eigenvalue weighted by atomic mass is 79.9. The number of aromatic nitrogens is 4. The molecule has 1 N–H and O–H groups in total. The SMILES string of the molecule is O=C(Nc1ccc(Br)cc1)C1CCN(S(=O)(=O)c2ccc(-n3cnnn3)cc2)CC1. The molecule has 3 aromatic rings. The van der Waals surface area contributed by atoms with Crippen LogP contribution in [0.1, 0.15) is 12.8 Å². The molecule has 1 aliphatic heterocycles. The second-order valence-electron chi connectivity index (χ2n) is 6.92. The van der Waals surface area contributed by atoms with Crippen LogP contribution in [0.3, 0.4) is 0 Å². The van der Waals surface area contributed by atoms with Crippen LogP contribution in [0, 0.1) is 5.92 Å². The quantitative estimate of drug-likeness (QED) is 0.587. The number of rotatable bonds is 5. The molecule has 156 valence electrons. The fourth-order valence-corrected chi connectivity index (χ4v) is 5.07. The number of anilines is 1. The third-order valence-electron chi connectivity index (χ3n) is 5.02. The van der Waals surface area contributed by atoms with Gasteiger partial charge in [-0.2, -0.15) is 4.31 Å². The predicted molar refractivity (Wildman–Crippen MR) is 113 cm³/mol. The molecule has 2 heterocycles. The van der Waals surface area contributed by atoms with Crippen molar-refractivity contribution < 1.29 is 13.2 Å². The lowest BCUT2D eigenvalue weighted by Crippen LogP contribution is -2.41. The molecule has 0 saturated carbocycles. The molecule has 0 unspecified atom stereocenters. The van der Waals surface area contributed by atoms with Crippen molar-refractivity contribution in [2.24, 2.45) is 5.92 Å². The molecule has 2 aromatic carbocycles. The van der Waals surface area contributed by atoms with Crippen molar-refractivity contribution in [3.63, 3.8) is 0 Å².